The summed E-state index contributed by atoms with van der Waals surface area (Å²) in [6.45, 7) is 1.77. The maximum absolute atomic E-state index is 10.8. The van der Waals surface area contributed by atoms with Gasteiger partial charge in [-0.1, -0.05) is 11.6 Å². The van der Waals surface area contributed by atoms with Gasteiger partial charge < -0.3 is 0 Å². The van der Waals surface area contributed by atoms with Crippen molar-refractivity contribution in [3.8, 4) is 5.69 Å². The summed E-state index contributed by atoms with van der Waals surface area (Å²) >= 11 is 10.1. The van der Waals surface area contributed by atoms with Gasteiger partial charge >= 0.3 is 0 Å². The van der Waals surface area contributed by atoms with Gasteiger partial charge in [0.15, 0.2) is 6.29 Å². The van der Waals surface area contributed by atoms with Crippen molar-refractivity contribution in [2.24, 2.45) is 0 Å². The van der Waals surface area contributed by atoms with Gasteiger partial charge in [-0.2, -0.15) is 5.10 Å². The van der Waals surface area contributed by atoms with Gasteiger partial charge in [0.25, 0.3) is 0 Å². The van der Waals surface area contributed by atoms with Gasteiger partial charge in [0.2, 0.25) is 0 Å². The highest BCUT2D eigenvalue weighted by atomic mass is 35.5. The lowest BCUT2D eigenvalue weighted by molar-refractivity contribution is 0.112. The highest BCUT2D eigenvalue weighted by Crippen LogP contribution is 2.21. The Labute approximate surface area is 103 Å². The largest absolute Gasteiger partial charge is 0.298 e. The second kappa shape index (κ2) is 4.31. The molecule has 82 valence electrons. The van der Waals surface area contributed by atoms with E-state index in [4.69, 9.17) is 11.6 Å². The van der Waals surface area contributed by atoms with E-state index in [1.54, 1.807) is 23.7 Å². The quantitative estimate of drug-likeness (QED) is 0.659. The summed E-state index contributed by atoms with van der Waals surface area (Å²) in [5, 5.41) is 5.44. The summed E-state index contributed by atoms with van der Waals surface area (Å²) in [6.07, 6.45) is 0.761. The Hall–Kier alpha value is -1.26. The fraction of sp³-hybridized carbons (Fsp3) is 0.0909. The van der Waals surface area contributed by atoms with E-state index in [9.17, 15) is 4.79 Å². The molecule has 0 N–H and O–H groups in total. The van der Waals surface area contributed by atoms with Gasteiger partial charge in [-0.15, -0.1) is 12.6 Å². The van der Waals surface area contributed by atoms with Crippen molar-refractivity contribution in [3.63, 3.8) is 0 Å². The fourth-order valence-electron chi connectivity index (χ4n) is 1.43. The Bertz CT molecular complexity index is 534. The number of benzene rings is 1. The van der Waals surface area contributed by atoms with E-state index in [1.165, 1.54) is 0 Å². The van der Waals surface area contributed by atoms with E-state index in [2.05, 4.69) is 17.7 Å². The van der Waals surface area contributed by atoms with Crippen LogP contribution in [0.3, 0.4) is 0 Å². The van der Waals surface area contributed by atoms with Crippen molar-refractivity contribution in [1.29, 1.82) is 0 Å². The topological polar surface area (TPSA) is 34.9 Å². The number of carbonyl (C=O) groups excluding carboxylic acids is 1. The van der Waals surface area contributed by atoms with Crippen LogP contribution >= 0.6 is 24.2 Å². The molecule has 0 atom stereocenters. The summed E-state index contributed by atoms with van der Waals surface area (Å²) in [4.78, 5) is 10.8. The minimum atomic E-state index is 0.512. The zero-order valence-corrected chi connectivity index (χ0v) is 10.2. The smallest absolute Gasteiger partial charge is 0.154 e. The van der Waals surface area contributed by atoms with Crippen molar-refractivity contribution < 1.29 is 4.79 Å². The van der Waals surface area contributed by atoms with Crippen LogP contribution in [0.1, 0.15) is 16.1 Å². The molecule has 0 saturated carbocycles. The Morgan fingerprint density at radius 2 is 2.00 bits per heavy atom. The molecule has 1 aromatic carbocycles. The van der Waals surface area contributed by atoms with Crippen LogP contribution in [0.2, 0.25) is 5.02 Å². The second-order valence-corrected chi connectivity index (χ2v) is 4.19. The number of thiol groups is 1. The standard InChI is InChI=1S/C11H9ClN2OS/c1-7-10(6-15)11(16)14(13-7)9-4-2-8(12)3-5-9/h2-6,16H,1H3. The average Bonchev–Trinajstić information content (AvgIpc) is 2.55. The predicted molar refractivity (Wildman–Crippen MR) is 66.0 cm³/mol. The average molecular weight is 253 g/mol. The predicted octanol–water partition coefficient (Wildman–Crippen LogP) is 2.94. The number of hydrogen-bond acceptors (Lipinski definition) is 3. The molecular weight excluding hydrogens is 244 g/mol. The molecule has 1 heterocycles. The molecule has 0 spiro atoms. The van der Waals surface area contributed by atoms with Crippen molar-refractivity contribution in [2.45, 2.75) is 11.9 Å². The van der Waals surface area contributed by atoms with Crippen molar-refractivity contribution >= 4 is 30.5 Å². The Morgan fingerprint density at radius 1 is 1.38 bits per heavy atom. The molecule has 0 aliphatic heterocycles. The van der Waals surface area contributed by atoms with Crippen LogP contribution in [-0.2, 0) is 0 Å². The first kappa shape index (κ1) is 11.2. The number of hydrogen-bond donors (Lipinski definition) is 1. The number of rotatable bonds is 2. The maximum atomic E-state index is 10.8. The van der Waals surface area contributed by atoms with E-state index >= 15 is 0 Å². The first-order valence-electron chi connectivity index (χ1n) is 4.63. The molecule has 0 aliphatic rings. The highest BCUT2D eigenvalue weighted by Gasteiger charge is 2.12. The van der Waals surface area contributed by atoms with Crippen molar-refractivity contribution in [1.82, 2.24) is 9.78 Å². The van der Waals surface area contributed by atoms with Crippen LogP contribution in [0.25, 0.3) is 5.69 Å². The van der Waals surface area contributed by atoms with Crippen molar-refractivity contribution in [3.05, 3.63) is 40.5 Å². The molecule has 1 aromatic heterocycles. The molecule has 0 unspecified atom stereocenters. The normalized spacial score (nSPS) is 10.4. The first-order chi connectivity index (χ1) is 7.63. The number of aryl methyl sites for hydroxylation is 1. The summed E-state index contributed by atoms with van der Waals surface area (Å²) in [7, 11) is 0. The van der Waals surface area contributed by atoms with E-state index in [0.717, 1.165) is 12.0 Å². The lowest BCUT2D eigenvalue weighted by Crippen LogP contribution is -1.96. The molecule has 16 heavy (non-hydrogen) atoms. The molecule has 0 bridgehead atoms. The van der Waals surface area contributed by atoms with Gasteiger partial charge in [-0.05, 0) is 31.2 Å². The molecule has 0 radical (unpaired) electrons. The molecule has 0 amide bonds. The summed E-state index contributed by atoms with van der Waals surface area (Å²) < 4.78 is 1.61. The maximum Gasteiger partial charge on any atom is 0.154 e. The van der Waals surface area contributed by atoms with E-state index < -0.39 is 0 Å². The molecule has 2 aromatic rings. The van der Waals surface area contributed by atoms with Crippen LogP contribution in [0.4, 0.5) is 0 Å². The Kier molecular flexibility index (Phi) is 3.03. The zero-order chi connectivity index (χ0) is 11.7. The molecule has 2 rings (SSSR count). The second-order valence-electron chi connectivity index (χ2n) is 3.33. The minimum absolute atomic E-state index is 0.512. The molecule has 0 aliphatic carbocycles. The third-order valence-corrected chi connectivity index (χ3v) is 2.95. The summed E-state index contributed by atoms with van der Waals surface area (Å²) in [5.41, 5.74) is 2.00. The van der Waals surface area contributed by atoms with Crippen LogP contribution < -0.4 is 0 Å². The van der Waals surface area contributed by atoms with E-state index in [1.807, 2.05) is 12.1 Å². The fourth-order valence-corrected chi connectivity index (χ4v) is 1.93. The lowest BCUT2D eigenvalue weighted by Gasteiger charge is -2.03. The van der Waals surface area contributed by atoms with E-state index in [0.29, 0.717) is 21.3 Å². The highest BCUT2D eigenvalue weighted by molar-refractivity contribution is 7.80. The molecule has 0 fully saturated rings. The zero-order valence-electron chi connectivity index (χ0n) is 8.51. The van der Waals surface area contributed by atoms with Crippen LogP contribution in [-0.4, -0.2) is 16.1 Å². The number of aromatic nitrogens is 2. The summed E-state index contributed by atoms with van der Waals surface area (Å²) in [6, 6.07) is 7.18. The number of aldehydes is 1. The Morgan fingerprint density at radius 3 is 2.50 bits per heavy atom. The third-order valence-electron chi connectivity index (χ3n) is 2.27. The van der Waals surface area contributed by atoms with Crippen LogP contribution in [0.15, 0.2) is 29.3 Å². The van der Waals surface area contributed by atoms with Gasteiger partial charge in [0, 0.05) is 5.02 Å². The number of halogens is 1. The summed E-state index contributed by atoms with van der Waals surface area (Å²) in [5.74, 6) is 0. The number of nitrogens with zero attached hydrogens (tertiary/aromatic N) is 2. The molecule has 5 heteroatoms. The van der Waals surface area contributed by atoms with Gasteiger partial charge in [-0.25, -0.2) is 4.68 Å². The molecule has 0 saturated heterocycles. The van der Waals surface area contributed by atoms with E-state index in [-0.39, 0.29) is 0 Å². The van der Waals surface area contributed by atoms with Crippen LogP contribution in [0.5, 0.6) is 0 Å². The van der Waals surface area contributed by atoms with Gasteiger partial charge in [0.1, 0.15) is 5.03 Å². The lowest BCUT2D eigenvalue weighted by atomic mass is 10.3. The third kappa shape index (κ3) is 1.86. The van der Waals surface area contributed by atoms with Crippen LogP contribution in [0, 0.1) is 6.92 Å². The van der Waals surface area contributed by atoms with Crippen molar-refractivity contribution in [2.75, 3.05) is 0 Å². The monoisotopic (exact) mass is 252 g/mol. The SMILES string of the molecule is Cc1nn(-c2ccc(Cl)cc2)c(S)c1C=O. The minimum Gasteiger partial charge on any atom is -0.298 e. The number of carbonyl (C=O) groups is 1. The first-order valence-corrected chi connectivity index (χ1v) is 5.45. The van der Waals surface area contributed by atoms with Gasteiger partial charge in [-0.3, -0.25) is 4.79 Å². The molecule has 3 nitrogen and oxygen atoms in total. The Balaban J connectivity index is 2.56. The molecular formula is C11H9ClN2OS. The van der Waals surface area contributed by atoms with Gasteiger partial charge in [0.05, 0.1) is 16.9 Å².